The Labute approximate surface area is 235 Å². The molecule has 4 aliphatic rings. The summed E-state index contributed by atoms with van der Waals surface area (Å²) in [5.41, 5.74) is 2.66. The van der Waals surface area contributed by atoms with E-state index in [1.54, 1.807) is 12.1 Å². The van der Waals surface area contributed by atoms with Crippen LogP contribution in [0.2, 0.25) is 0 Å². The number of fused-ring (bicyclic) bond motifs is 5. The van der Waals surface area contributed by atoms with Gasteiger partial charge >= 0.3 is 5.97 Å². The average molecular weight is 538 g/mol. The highest BCUT2D eigenvalue weighted by Gasteiger charge is 2.59. The maximum absolute atomic E-state index is 12.9. The normalized spacial score (nSPS) is 37.3. The van der Waals surface area contributed by atoms with Crippen molar-refractivity contribution in [3.8, 4) is 0 Å². The molecule has 0 radical (unpaired) electrons. The highest BCUT2D eigenvalue weighted by molar-refractivity contribution is 5.90. The predicted molar refractivity (Wildman–Crippen MR) is 154 cm³/mol. The molecule has 39 heavy (non-hydrogen) atoms. The lowest BCUT2D eigenvalue weighted by Crippen LogP contribution is -2.99. The van der Waals surface area contributed by atoms with Crippen LogP contribution < -0.4 is 5.23 Å². The van der Waals surface area contributed by atoms with Crippen LogP contribution in [0, 0.1) is 51.5 Å². The third kappa shape index (κ3) is 5.48. The molecular formula is C34H51NO4. The average Bonchev–Trinajstić information content (AvgIpc) is 3.26. The Hall–Kier alpha value is -1.69. The van der Waals surface area contributed by atoms with E-state index in [1.807, 2.05) is 0 Å². The first kappa shape index (κ1) is 28.8. The summed E-state index contributed by atoms with van der Waals surface area (Å²) in [4.78, 5) is 12.9. The van der Waals surface area contributed by atoms with Gasteiger partial charge in [0.05, 0.1) is 5.56 Å². The fourth-order valence-electron chi connectivity index (χ4n) is 9.75. The molecule has 0 aliphatic heterocycles. The lowest BCUT2D eigenvalue weighted by molar-refractivity contribution is -0.991. The van der Waals surface area contributed by atoms with Gasteiger partial charge in [-0.2, -0.15) is 5.23 Å². The topological polar surface area (TPSA) is 74.0 Å². The molecule has 3 fully saturated rings. The molecule has 216 valence electrons. The summed E-state index contributed by atoms with van der Waals surface area (Å²) in [6.45, 7) is 12.4. The standard InChI is InChI=1S/C34H51NO4/c1-22(2)8-6-9-23(3)29-14-15-30-28-13-12-25-21-27(16-18-33(25,4)31(28)17-19-34(29,30)5)39-32(36)24-10-7-11-26(20-24)35(37)38/h7,10-12,20,22-23,27-31,35,37H,6,8-9,13-19,21H2,1-5H3/t23-,27-,28+,29-,30+,31+,33-,34+/m0/s1. The van der Waals surface area contributed by atoms with Crippen molar-refractivity contribution in [1.29, 1.82) is 0 Å². The molecule has 0 saturated heterocycles. The van der Waals surface area contributed by atoms with Crippen LogP contribution >= 0.6 is 0 Å². The number of allylic oxidation sites excluding steroid dienone is 1. The van der Waals surface area contributed by atoms with Crippen molar-refractivity contribution < 1.29 is 20.0 Å². The number of rotatable bonds is 8. The highest BCUT2D eigenvalue weighted by atomic mass is 16.8. The summed E-state index contributed by atoms with van der Waals surface area (Å²) >= 11 is 0. The Balaban J connectivity index is 1.24. The molecule has 0 bridgehead atoms. The first-order chi connectivity index (χ1) is 18.5. The number of ether oxygens (including phenoxy) is 1. The van der Waals surface area contributed by atoms with Crippen molar-refractivity contribution in [2.24, 2.45) is 46.3 Å². The molecule has 1 unspecified atom stereocenters. The minimum absolute atomic E-state index is 0.116. The predicted octanol–water partition coefficient (Wildman–Crippen LogP) is 7.66. The van der Waals surface area contributed by atoms with Crippen LogP contribution in [-0.4, -0.2) is 17.3 Å². The van der Waals surface area contributed by atoms with Crippen molar-refractivity contribution in [1.82, 2.24) is 0 Å². The van der Waals surface area contributed by atoms with Crippen LogP contribution in [0.1, 0.15) is 116 Å². The number of nitrogens with one attached hydrogen (secondary N) is 1. The SMILES string of the molecule is CC(C)CCC[C@H](C)[C@@H]1CC[C@@H]2[C@H]3CC=C4C[C@@H](OC(=O)c5cccc([NH+]([O-])O)c5)CC[C@]4(C)[C@@H]3CC[C@@]21C. The lowest BCUT2D eigenvalue weighted by Gasteiger charge is -2.58. The van der Waals surface area contributed by atoms with E-state index < -0.39 is 11.2 Å². The molecule has 9 atom stereocenters. The highest BCUT2D eigenvalue weighted by Crippen LogP contribution is 2.67. The van der Waals surface area contributed by atoms with Gasteiger partial charge in [0.15, 0.2) is 5.69 Å². The molecule has 0 aromatic heterocycles. The second-order valence-electron chi connectivity index (χ2n) is 14.4. The zero-order chi connectivity index (χ0) is 27.9. The summed E-state index contributed by atoms with van der Waals surface area (Å²) in [6, 6.07) is 6.18. The number of hydrogen-bond donors (Lipinski definition) is 2. The minimum Gasteiger partial charge on any atom is -0.595 e. The Morgan fingerprint density at radius 2 is 1.90 bits per heavy atom. The fourth-order valence-corrected chi connectivity index (χ4v) is 9.75. The van der Waals surface area contributed by atoms with E-state index in [0.29, 0.717) is 11.0 Å². The minimum atomic E-state index is -1.03. The van der Waals surface area contributed by atoms with E-state index in [4.69, 9.17) is 4.74 Å². The van der Waals surface area contributed by atoms with Gasteiger partial charge in [0.25, 0.3) is 0 Å². The Morgan fingerprint density at radius 3 is 2.64 bits per heavy atom. The number of esters is 1. The number of carbonyl (C=O) groups excluding carboxylic acids is 1. The molecule has 1 aromatic rings. The van der Waals surface area contributed by atoms with E-state index >= 15 is 0 Å². The van der Waals surface area contributed by atoms with Crippen LogP contribution in [-0.2, 0) is 4.74 Å². The first-order valence-corrected chi connectivity index (χ1v) is 15.8. The molecule has 5 heteroatoms. The number of hydrogen-bond acceptors (Lipinski definition) is 4. The van der Waals surface area contributed by atoms with E-state index in [0.717, 1.165) is 54.8 Å². The van der Waals surface area contributed by atoms with Crippen molar-refractivity contribution in [3.63, 3.8) is 0 Å². The third-order valence-corrected chi connectivity index (χ3v) is 11.9. The van der Waals surface area contributed by atoms with Gasteiger partial charge in [0, 0.05) is 18.6 Å². The van der Waals surface area contributed by atoms with Gasteiger partial charge in [0.1, 0.15) is 6.10 Å². The number of carbonyl (C=O) groups is 1. The molecule has 5 nitrogen and oxygen atoms in total. The van der Waals surface area contributed by atoms with Crippen molar-refractivity contribution in [2.45, 2.75) is 111 Å². The summed E-state index contributed by atoms with van der Waals surface area (Å²) in [5, 5.41) is 19.6. The first-order valence-electron chi connectivity index (χ1n) is 15.8. The van der Waals surface area contributed by atoms with E-state index in [1.165, 1.54) is 69.1 Å². The quantitative estimate of drug-likeness (QED) is 0.203. The Kier molecular flexibility index (Phi) is 8.35. The van der Waals surface area contributed by atoms with Gasteiger partial charge < -0.3 is 9.94 Å². The second-order valence-corrected chi connectivity index (χ2v) is 14.4. The maximum Gasteiger partial charge on any atom is 0.338 e. The molecule has 1 aromatic carbocycles. The summed E-state index contributed by atoms with van der Waals surface area (Å²) in [5.74, 6) is 4.50. The zero-order valence-corrected chi connectivity index (χ0v) is 24.9. The van der Waals surface area contributed by atoms with Crippen LogP contribution in [0.25, 0.3) is 0 Å². The van der Waals surface area contributed by atoms with E-state index in [9.17, 15) is 15.2 Å². The van der Waals surface area contributed by atoms with Crippen LogP contribution in [0.15, 0.2) is 35.9 Å². The summed E-state index contributed by atoms with van der Waals surface area (Å²) in [7, 11) is 0. The van der Waals surface area contributed by atoms with Gasteiger partial charge in [-0.3, -0.25) is 0 Å². The second kappa shape index (κ2) is 11.3. The third-order valence-electron chi connectivity index (χ3n) is 11.9. The Bertz CT molecular complexity index is 1070. The van der Waals surface area contributed by atoms with E-state index in [-0.39, 0.29) is 17.2 Å². The fraction of sp³-hybridized carbons (Fsp3) is 0.735. The lowest BCUT2D eigenvalue weighted by atomic mass is 9.47. The van der Waals surface area contributed by atoms with Gasteiger partial charge in [-0.25, -0.2) is 10.0 Å². The van der Waals surface area contributed by atoms with Gasteiger partial charge in [0.2, 0.25) is 0 Å². The molecule has 2 N–H and O–H groups in total. The van der Waals surface area contributed by atoms with Gasteiger partial charge in [-0.15, -0.1) is 0 Å². The molecule has 3 saturated carbocycles. The number of benzene rings is 1. The van der Waals surface area contributed by atoms with Crippen LogP contribution in [0.4, 0.5) is 5.69 Å². The van der Waals surface area contributed by atoms with Crippen LogP contribution in [0.5, 0.6) is 0 Å². The van der Waals surface area contributed by atoms with E-state index in [2.05, 4.69) is 40.7 Å². The molecule has 4 aliphatic carbocycles. The molecule has 0 amide bonds. The van der Waals surface area contributed by atoms with Crippen molar-refractivity contribution in [3.05, 3.63) is 46.7 Å². The van der Waals surface area contributed by atoms with Crippen molar-refractivity contribution >= 4 is 11.7 Å². The molecule has 0 spiro atoms. The van der Waals surface area contributed by atoms with Gasteiger partial charge in [-0.1, -0.05) is 71.6 Å². The number of quaternary nitrogens is 1. The largest absolute Gasteiger partial charge is 0.595 e. The summed E-state index contributed by atoms with van der Waals surface area (Å²) in [6.07, 6.45) is 16.1. The zero-order valence-electron chi connectivity index (χ0n) is 24.9. The monoisotopic (exact) mass is 537 g/mol. The Morgan fingerprint density at radius 1 is 1.10 bits per heavy atom. The van der Waals surface area contributed by atoms with Gasteiger partial charge in [-0.05, 0) is 97.3 Å². The van der Waals surface area contributed by atoms with Crippen LogP contribution in [0.3, 0.4) is 0 Å². The molecular weight excluding hydrogens is 486 g/mol. The summed E-state index contributed by atoms with van der Waals surface area (Å²) < 4.78 is 5.94. The molecule has 0 heterocycles. The molecule has 5 rings (SSSR count). The van der Waals surface area contributed by atoms with Crippen molar-refractivity contribution in [2.75, 3.05) is 0 Å². The smallest absolute Gasteiger partial charge is 0.338 e. The maximum atomic E-state index is 12.9.